The zero-order valence-corrected chi connectivity index (χ0v) is 15.3. The summed E-state index contributed by atoms with van der Waals surface area (Å²) in [4.78, 5) is 20.5. The van der Waals surface area contributed by atoms with Crippen molar-refractivity contribution in [1.82, 2.24) is 10.2 Å². The number of rotatable bonds is 4. The van der Waals surface area contributed by atoms with Gasteiger partial charge in [-0.3, -0.25) is 5.10 Å². The number of thiophene rings is 1. The van der Waals surface area contributed by atoms with Gasteiger partial charge in [-0.05, 0) is 36.1 Å². The predicted octanol–water partition coefficient (Wildman–Crippen LogP) is 3.74. The van der Waals surface area contributed by atoms with Crippen molar-refractivity contribution in [3.05, 3.63) is 47.3 Å². The second-order valence-corrected chi connectivity index (χ2v) is 7.18. The maximum atomic E-state index is 11.0. The highest BCUT2D eigenvalue weighted by Gasteiger charge is 2.24. The molecule has 0 unspecified atom stereocenters. The molecule has 3 heterocycles. The van der Waals surface area contributed by atoms with Gasteiger partial charge in [-0.1, -0.05) is 18.2 Å². The number of hydrogen-bond donors (Lipinski definition) is 1. The van der Waals surface area contributed by atoms with Gasteiger partial charge in [0.05, 0.1) is 4.88 Å². The van der Waals surface area contributed by atoms with Crippen LogP contribution in [-0.2, 0) is 4.79 Å². The topological polar surface area (TPSA) is 64.6 Å². The molecular formula is C19H19N5OS. The van der Waals surface area contributed by atoms with E-state index in [1.54, 1.807) is 17.4 Å². The number of hydrogen-bond acceptors (Lipinski definition) is 6. The second kappa shape index (κ2) is 7.15. The Kier molecular flexibility index (Phi) is 4.56. The maximum Gasteiger partial charge on any atom is 0.240 e. The van der Waals surface area contributed by atoms with Gasteiger partial charge in [-0.2, -0.15) is 10.1 Å². The largest absolute Gasteiger partial charge is 0.368 e. The molecule has 1 fully saturated rings. The van der Waals surface area contributed by atoms with Crippen molar-refractivity contribution in [2.75, 3.05) is 36.0 Å². The molecule has 1 aromatic carbocycles. The monoisotopic (exact) mass is 365 g/mol. The number of nitrogens with zero attached hydrogens (tertiary/aromatic N) is 4. The average molecular weight is 365 g/mol. The average Bonchev–Trinajstić information content (AvgIpc) is 3.29. The molecule has 0 aliphatic carbocycles. The minimum atomic E-state index is 0.579. The molecule has 7 heteroatoms. The van der Waals surface area contributed by atoms with Gasteiger partial charge in [0.25, 0.3) is 0 Å². The molecule has 1 aliphatic rings. The number of nitrogens with one attached hydrogen (secondary N) is 1. The van der Waals surface area contributed by atoms with Gasteiger partial charge in [0.1, 0.15) is 11.4 Å². The lowest BCUT2D eigenvalue weighted by Crippen LogP contribution is -2.46. The fourth-order valence-electron chi connectivity index (χ4n) is 3.25. The van der Waals surface area contributed by atoms with E-state index in [9.17, 15) is 4.79 Å². The summed E-state index contributed by atoms with van der Waals surface area (Å²) in [5.41, 5.74) is 3.77. The molecule has 3 aromatic rings. The number of aliphatic imine (C=N–C) groups is 1. The minimum absolute atomic E-state index is 0.579. The highest BCUT2D eigenvalue weighted by atomic mass is 32.1. The Morgan fingerprint density at radius 2 is 1.88 bits per heavy atom. The first-order valence-corrected chi connectivity index (χ1v) is 9.41. The van der Waals surface area contributed by atoms with E-state index in [2.05, 4.69) is 60.7 Å². The summed E-state index contributed by atoms with van der Waals surface area (Å²) in [7, 11) is 0. The third kappa shape index (κ3) is 3.14. The van der Waals surface area contributed by atoms with Crippen LogP contribution < -0.4 is 9.80 Å². The second-order valence-electron chi connectivity index (χ2n) is 6.27. The SMILES string of the molecule is Cc1csc(-c2[nH]nc(N3CCN(c4ccccc4)CC3)c2N=C=O)c1. The molecule has 0 bridgehead atoms. The summed E-state index contributed by atoms with van der Waals surface area (Å²) in [6.45, 7) is 5.49. The van der Waals surface area contributed by atoms with E-state index >= 15 is 0 Å². The minimum Gasteiger partial charge on any atom is -0.368 e. The molecule has 0 saturated carbocycles. The summed E-state index contributed by atoms with van der Waals surface area (Å²) in [6, 6.07) is 12.5. The fourth-order valence-corrected chi connectivity index (χ4v) is 4.14. The van der Waals surface area contributed by atoms with Crippen molar-refractivity contribution in [2.24, 2.45) is 4.99 Å². The first kappa shape index (κ1) is 16.6. The Morgan fingerprint density at radius 1 is 1.15 bits per heavy atom. The van der Waals surface area contributed by atoms with Gasteiger partial charge in [0.15, 0.2) is 5.82 Å². The first-order chi connectivity index (χ1) is 12.8. The van der Waals surface area contributed by atoms with Crippen molar-refractivity contribution < 1.29 is 4.79 Å². The number of isocyanates is 1. The Labute approximate surface area is 155 Å². The molecule has 132 valence electrons. The standard InChI is InChI=1S/C19H19N5OS/c1-14-11-16(26-12-14)17-18(20-13-25)19(22-21-17)24-9-7-23(8-10-24)15-5-3-2-4-6-15/h2-6,11-12H,7-10H2,1H3,(H,21,22). The van der Waals surface area contributed by atoms with Gasteiger partial charge in [-0.15, -0.1) is 11.3 Å². The van der Waals surface area contributed by atoms with Gasteiger partial charge in [0, 0.05) is 31.9 Å². The van der Waals surface area contributed by atoms with Crippen LogP contribution >= 0.6 is 11.3 Å². The Hall–Kier alpha value is -2.89. The number of aromatic amines is 1. The Morgan fingerprint density at radius 3 is 2.54 bits per heavy atom. The summed E-state index contributed by atoms with van der Waals surface area (Å²) < 4.78 is 0. The van der Waals surface area contributed by atoms with Crippen LogP contribution in [0.5, 0.6) is 0 Å². The van der Waals surface area contributed by atoms with E-state index in [1.807, 2.05) is 13.0 Å². The lowest BCUT2D eigenvalue weighted by molar-refractivity contribution is 0.565. The smallest absolute Gasteiger partial charge is 0.240 e. The Balaban J connectivity index is 1.57. The summed E-state index contributed by atoms with van der Waals surface area (Å²) in [5, 5.41) is 9.59. The van der Waals surface area contributed by atoms with E-state index in [4.69, 9.17) is 0 Å². The lowest BCUT2D eigenvalue weighted by Gasteiger charge is -2.36. The number of carbonyl (C=O) groups excluding carboxylic acids is 1. The van der Waals surface area contributed by atoms with Gasteiger partial charge in [0.2, 0.25) is 6.08 Å². The van der Waals surface area contributed by atoms with E-state index < -0.39 is 0 Å². The lowest BCUT2D eigenvalue weighted by atomic mass is 10.2. The van der Waals surface area contributed by atoms with E-state index in [0.717, 1.165) is 42.6 Å². The molecular weight excluding hydrogens is 346 g/mol. The molecule has 0 atom stereocenters. The summed E-state index contributed by atoms with van der Waals surface area (Å²) >= 11 is 1.61. The zero-order chi connectivity index (χ0) is 17.9. The van der Waals surface area contributed by atoms with Crippen LogP contribution in [0.15, 0.2) is 46.8 Å². The molecule has 2 aromatic heterocycles. The number of benzene rings is 1. The van der Waals surface area contributed by atoms with Crippen molar-refractivity contribution in [1.29, 1.82) is 0 Å². The Bertz CT molecular complexity index is 934. The number of anilines is 2. The first-order valence-electron chi connectivity index (χ1n) is 8.53. The molecule has 0 amide bonds. The fraction of sp³-hybridized carbons (Fsp3) is 0.263. The number of aryl methyl sites for hydroxylation is 1. The normalized spacial score (nSPS) is 14.3. The van der Waals surface area contributed by atoms with Crippen LogP contribution in [0, 0.1) is 6.92 Å². The molecule has 6 nitrogen and oxygen atoms in total. The molecule has 0 radical (unpaired) electrons. The van der Waals surface area contributed by atoms with Crippen LogP contribution in [-0.4, -0.2) is 42.5 Å². The predicted molar refractivity (Wildman–Crippen MR) is 105 cm³/mol. The van der Waals surface area contributed by atoms with Crippen molar-refractivity contribution >= 4 is 34.6 Å². The molecule has 1 aliphatic heterocycles. The molecule has 1 N–H and O–H groups in total. The van der Waals surface area contributed by atoms with E-state index in [1.165, 1.54) is 11.3 Å². The molecule has 0 spiro atoms. The van der Waals surface area contributed by atoms with Crippen molar-refractivity contribution in [3.63, 3.8) is 0 Å². The van der Waals surface area contributed by atoms with Crippen molar-refractivity contribution in [3.8, 4) is 10.6 Å². The molecule has 1 saturated heterocycles. The number of H-pyrrole nitrogens is 1. The van der Waals surface area contributed by atoms with E-state index in [0.29, 0.717) is 5.69 Å². The highest BCUT2D eigenvalue weighted by Crippen LogP contribution is 2.39. The zero-order valence-electron chi connectivity index (χ0n) is 14.5. The third-order valence-electron chi connectivity index (χ3n) is 4.56. The summed E-state index contributed by atoms with van der Waals surface area (Å²) in [6.07, 6.45) is 1.68. The number of aromatic nitrogens is 2. The van der Waals surface area contributed by atoms with E-state index in [-0.39, 0.29) is 0 Å². The van der Waals surface area contributed by atoms with Crippen molar-refractivity contribution in [2.45, 2.75) is 6.92 Å². The maximum absolute atomic E-state index is 11.0. The van der Waals surface area contributed by atoms with Crippen LogP contribution in [0.4, 0.5) is 17.2 Å². The molecule has 26 heavy (non-hydrogen) atoms. The van der Waals surface area contributed by atoms with Gasteiger partial charge < -0.3 is 9.80 Å². The van der Waals surface area contributed by atoms with Crippen LogP contribution in [0.3, 0.4) is 0 Å². The molecule has 4 rings (SSSR count). The quantitative estimate of drug-likeness (QED) is 0.565. The van der Waals surface area contributed by atoms with Crippen LogP contribution in [0.1, 0.15) is 5.56 Å². The number of piperazine rings is 1. The van der Waals surface area contributed by atoms with Gasteiger partial charge in [-0.25, -0.2) is 4.79 Å². The highest BCUT2D eigenvalue weighted by molar-refractivity contribution is 7.13. The third-order valence-corrected chi connectivity index (χ3v) is 5.62. The van der Waals surface area contributed by atoms with Crippen LogP contribution in [0.2, 0.25) is 0 Å². The van der Waals surface area contributed by atoms with Gasteiger partial charge >= 0.3 is 0 Å². The number of para-hydroxylation sites is 1. The summed E-state index contributed by atoms with van der Waals surface area (Å²) in [5.74, 6) is 0.724. The van der Waals surface area contributed by atoms with Crippen LogP contribution in [0.25, 0.3) is 10.6 Å².